The van der Waals surface area contributed by atoms with Crippen molar-refractivity contribution in [2.45, 2.75) is 19.4 Å². The van der Waals surface area contributed by atoms with Crippen molar-refractivity contribution in [3.05, 3.63) is 64.3 Å². The van der Waals surface area contributed by atoms with Crippen LogP contribution in [0, 0.1) is 0 Å². The second-order valence-electron chi connectivity index (χ2n) is 7.00. The summed E-state index contributed by atoms with van der Waals surface area (Å²) in [4.78, 5) is 2.47. The van der Waals surface area contributed by atoms with E-state index in [-0.39, 0.29) is 0 Å². The average molecular weight is 398 g/mol. The molecule has 0 atom stereocenters. The van der Waals surface area contributed by atoms with Gasteiger partial charge in [0.1, 0.15) is 0 Å². The molecule has 1 aliphatic rings. The lowest BCUT2D eigenvalue weighted by Gasteiger charge is -2.20. The number of methoxy groups -OCH3 is 2. The molecule has 0 spiro atoms. The first-order valence-corrected chi connectivity index (χ1v) is 9.81. The number of ether oxygens (including phenoxy) is 2. The molecule has 28 heavy (non-hydrogen) atoms. The van der Waals surface area contributed by atoms with Gasteiger partial charge in [-0.1, -0.05) is 29.8 Å². The van der Waals surface area contributed by atoms with Gasteiger partial charge >= 0.3 is 0 Å². The summed E-state index contributed by atoms with van der Waals surface area (Å²) in [6.07, 6.45) is 1.93. The highest BCUT2D eigenvalue weighted by molar-refractivity contribution is 6.30. The van der Waals surface area contributed by atoms with Crippen molar-refractivity contribution in [3.8, 4) is 22.8 Å². The van der Waals surface area contributed by atoms with Crippen molar-refractivity contribution < 1.29 is 9.47 Å². The van der Waals surface area contributed by atoms with Gasteiger partial charge in [-0.2, -0.15) is 5.10 Å². The number of aromatic nitrogens is 2. The van der Waals surface area contributed by atoms with Crippen LogP contribution in [-0.4, -0.2) is 42.4 Å². The largest absolute Gasteiger partial charge is 0.493 e. The molecule has 0 bridgehead atoms. The fourth-order valence-corrected chi connectivity index (χ4v) is 3.90. The van der Waals surface area contributed by atoms with E-state index < -0.39 is 0 Å². The Kier molecular flexibility index (Phi) is 5.55. The summed E-state index contributed by atoms with van der Waals surface area (Å²) >= 11 is 6.03. The van der Waals surface area contributed by atoms with Gasteiger partial charge in [0.05, 0.1) is 19.9 Å². The zero-order valence-electron chi connectivity index (χ0n) is 16.2. The number of hydrogen-bond acceptors (Lipinski definition) is 4. The highest BCUT2D eigenvalue weighted by Crippen LogP contribution is 2.30. The maximum absolute atomic E-state index is 6.03. The minimum absolute atomic E-state index is 0.742. The van der Waals surface area contributed by atoms with Crippen LogP contribution in [0.5, 0.6) is 11.5 Å². The first-order chi connectivity index (χ1) is 13.7. The summed E-state index contributed by atoms with van der Waals surface area (Å²) in [6, 6.07) is 14.0. The van der Waals surface area contributed by atoms with Crippen LogP contribution >= 0.6 is 11.6 Å². The molecule has 5 nitrogen and oxygen atoms in total. The highest BCUT2D eigenvalue weighted by Gasteiger charge is 2.20. The number of H-pyrrole nitrogens is 1. The lowest BCUT2D eigenvalue weighted by atomic mass is 10.0. The molecule has 146 valence electrons. The summed E-state index contributed by atoms with van der Waals surface area (Å²) in [6.45, 7) is 2.86. The molecule has 0 saturated carbocycles. The molecule has 0 fully saturated rings. The van der Waals surface area contributed by atoms with Crippen molar-refractivity contribution in [3.63, 3.8) is 0 Å². The third kappa shape index (κ3) is 3.86. The number of rotatable bonds is 5. The van der Waals surface area contributed by atoms with Crippen molar-refractivity contribution >= 4 is 11.6 Å². The lowest BCUT2D eigenvalue weighted by Crippen LogP contribution is -2.26. The Labute approximate surface area is 170 Å². The van der Waals surface area contributed by atoms with Crippen LogP contribution in [0.25, 0.3) is 11.3 Å². The predicted octanol–water partition coefficient (Wildman–Crippen LogP) is 4.35. The van der Waals surface area contributed by atoms with Crippen LogP contribution in [-0.2, 0) is 19.4 Å². The summed E-state index contributed by atoms with van der Waals surface area (Å²) in [7, 11) is 3.33. The Morgan fingerprint density at radius 2 is 1.75 bits per heavy atom. The van der Waals surface area contributed by atoms with Crippen LogP contribution in [0.15, 0.2) is 42.5 Å². The summed E-state index contributed by atoms with van der Waals surface area (Å²) in [5.74, 6) is 1.53. The van der Waals surface area contributed by atoms with Gasteiger partial charge in [-0.25, -0.2) is 0 Å². The minimum Gasteiger partial charge on any atom is -0.493 e. The van der Waals surface area contributed by atoms with E-state index in [4.69, 9.17) is 21.1 Å². The monoisotopic (exact) mass is 397 g/mol. The molecule has 4 rings (SSSR count). The van der Waals surface area contributed by atoms with Crippen LogP contribution in [0.1, 0.15) is 16.8 Å². The molecule has 0 aliphatic carbocycles. The number of hydrogen-bond donors (Lipinski definition) is 1. The number of nitrogens with zero attached hydrogens (tertiary/aromatic N) is 2. The molecular weight excluding hydrogens is 374 g/mol. The quantitative estimate of drug-likeness (QED) is 0.695. The Morgan fingerprint density at radius 3 is 2.50 bits per heavy atom. The third-order valence-corrected chi connectivity index (χ3v) is 5.53. The first kappa shape index (κ1) is 18.8. The van der Waals surface area contributed by atoms with E-state index in [1.807, 2.05) is 30.3 Å². The smallest absolute Gasteiger partial charge is 0.161 e. The second-order valence-corrected chi connectivity index (χ2v) is 7.44. The van der Waals surface area contributed by atoms with Crippen LogP contribution in [0.3, 0.4) is 0 Å². The zero-order chi connectivity index (χ0) is 19.5. The number of benzene rings is 2. The summed E-state index contributed by atoms with van der Waals surface area (Å²) < 4.78 is 10.8. The van der Waals surface area contributed by atoms with Crippen LogP contribution in [0.4, 0.5) is 0 Å². The van der Waals surface area contributed by atoms with E-state index in [9.17, 15) is 0 Å². The Balaban J connectivity index is 1.49. The normalized spacial score (nSPS) is 14.4. The van der Waals surface area contributed by atoms with E-state index in [0.717, 1.165) is 60.3 Å². The molecule has 3 aromatic rings. The Hall–Kier alpha value is -2.50. The second kappa shape index (κ2) is 8.25. The minimum atomic E-state index is 0.742. The number of aromatic amines is 1. The molecular formula is C22H24ClN3O2. The first-order valence-electron chi connectivity index (χ1n) is 9.43. The van der Waals surface area contributed by atoms with Crippen LogP contribution < -0.4 is 9.47 Å². The SMILES string of the molecule is COc1ccc(CN2CCc3[nH]nc(-c4ccc(Cl)cc4)c3CC2)cc1OC. The van der Waals surface area contributed by atoms with E-state index in [1.54, 1.807) is 14.2 Å². The molecule has 0 radical (unpaired) electrons. The van der Waals surface area contributed by atoms with Gasteiger partial charge in [0, 0.05) is 47.9 Å². The van der Waals surface area contributed by atoms with E-state index >= 15 is 0 Å². The number of halogens is 1. The molecule has 0 unspecified atom stereocenters. The standard InChI is InChI=1S/C22H24ClN3O2/c1-27-20-8-3-15(13-21(20)28-2)14-26-11-9-18-19(10-12-26)24-25-22(18)16-4-6-17(23)7-5-16/h3-8,13H,9-12,14H2,1-2H3,(H,24,25). The van der Waals surface area contributed by atoms with E-state index in [2.05, 4.69) is 27.2 Å². The molecule has 0 saturated heterocycles. The van der Waals surface area contributed by atoms with Gasteiger partial charge in [-0.15, -0.1) is 0 Å². The Bertz CT molecular complexity index is 953. The average Bonchev–Trinajstić information content (AvgIpc) is 3.02. The maximum atomic E-state index is 6.03. The fourth-order valence-electron chi connectivity index (χ4n) is 3.77. The van der Waals surface area contributed by atoms with Crippen molar-refractivity contribution in [1.82, 2.24) is 15.1 Å². The molecule has 2 aromatic carbocycles. The fraction of sp³-hybridized carbons (Fsp3) is 0.318. The van der Waals surface area contributed by atoms with E-state index in [1.165, 1.54) is 16.8 Å². The summed E-state index contributed by atoms with van der Waals surface area (Å²) in [5, 5.41) is 8.57. The van der Waals surface area contributed by atoms with Crippen LogP contribution in [0.2, 0.25) is 5.02 Å². The molecule has 2 heterocycles. The lowest BCUT2D eigenvalue weighted by molar-refractivity contribution is 0.277. The highest BCUT2D eigenvalue weighted by atomic mass is 35.5. The number of nitrogens with one attached hydrogen (secondary N) is 1. The Morgan fingerprint density at radius 1 is 1.00 bits per heavy atom. The van der Waals surface area contributed by atoms with Gasteiger partial charge in [0.15, 0.2) is 11.5 Å². The van der Waals surface area contributed by atoms with Crippen molar-refractivity contribution in [2.24, 2.45) is 0 Å². The van der Waals surface area contributed by atoms with Gasteiger partial charge < -0.3 is 9.47 Å². The van der Waals surface area contributed by atoms with Gasteiger partial charge in [0.2, 0.25) is 0 Å². The topological polar surface area (TPSA) is 50.4 Å². The predicted molar refractivity (Wildman–Crippen MR) is 111 cm³/mol. The third-order valence-electron chi connectivity index (χ3n) is 5.28. The molecule has 6 heteroatoms. The van der Waals surface area contributed by atoms with E-state index in [0.29, 0.717) is 0 Å². The molecule has 1 N–H and O–H groups in total. The van der Waals surface area contributed by atoms with Gasteiger partial charge in [0.25, 0.3) is 0 Å². The molecule has 1 aromatic heterocycles. The van der Waals surface area contributed by atoms with Crippen molar-refractivity contribution in [2.75, 3.05) is 27.3 Å². The maximum Gasteiger partial charge on any atom is 0.161 e. The molecule has 0 amide bonds. The summed E-state index contributed by atoms with van der Waals surface area (Å²) in [5.41, 5.74) is 5.92. The zero-order valence-corrected chi connectivity index (χ0v) is 16.9. The number of fused-ring (bicyclic) bond motifs is 1. The molecule has 1 aliphatic heterocycles. The van der Waals surface area contributed by atoms with Crippen molar-refractivity contribution in [1.29, 1.82) is 0 Å². The van der Waals surface area contributed by atoms with Gasteiger partial charge in [-0.3, -0.25) is 10.00 Å². The van der Waals surface area contributed by atoms with Gasteiger partial charge in [-0.05, 0) is 36.2 Å².